The van der Waals surface area contributed by atoms with Crippen LogP contribution in [-0.2, 0) is 11.2 Å². The lowest BCUT2D eigenvalue weighted by atomic mass is 10.0. The van der Waals surface area contributed by atoms with Crippen molar-refractivity contribution in [2.75, 3.05) is 31.9 Å². The number of hydrogen-bond acceptors (Lipinski definition) is 4. The van der Waals surface area contributed by atoms with Crippen LogP contribution in [0.2, 0.25) is 0 Å². The van der Waals surface area contributed by atoms with Gasteiger partial charge in [0, 0.05) is 32.2 Å². The van der Waals surface area contributed by atoms with Gasteiger partial charge in [-0.25, -0.2) is 0 Å². The predicted octanol–water partition coefficient (Wildman–Crippen LogP) is 0.679. The fraction of sp³-hybridized carbons (Fsp3) is 0.500. The summed E-state index contributed by atoms with van der Waals surface area (Å²) in [7, 11) is 0. The van der Waals surface area contributed by atoms with Crippen LogP contribution in [0.1, 0.15) is 12.5 Å². The summed E-state index contributed by atoms with van der Waals surface area (Å²) in [5.41, 5.74) is 7.25. The van der Waals surface area contributed by atoms with Crippen LogP contribution in [0.4, 0.5) is 5.69 Å². The molecule has 1 fully saturated rings. The molecule has 1 heterocycles. The summed E-state index contributed by atoms with van der Waals surface area (Å²) >= 11 is 0. The first-order valence-electron chi connectivity index (χ1n) is 6.61. The lowest BCUT2D eigenvalue weighted by Gasteiger charge is -2.36. The molecule has 19 heavy (non-hydrogen) atoms. The maximum absolute atomic E-state index is 10.7. The zero-order valence-electron chi connectivity index (χ0n) is 11.2. The molecule has 0 aromatic heterocycles. The molecule has 1 aliphatic rings. The second-order valence-electron chi connectivity index (χ2n) is 5.12. The van der Waals surface area contributed by atoms with E-state index in [0.29, 0.717) is 11.7 Å². The first-order chi connectivity index (χ1) is 9.10. The molecule has 1 atom stereocenters. The molecule has 0 aliphatic carbocycles. The van der Waals surface area contributed by atoms with Crippen LogP contribution in [0.5, 0.6) is 5.75 Å². The van der Waals surface area contributed by atoms with E-state index in [4.69, 9.17) is 5.73 Å². The number of nitrogens with two attached hydrogens (primary N) is 1. The molecule has 5 nitrogen and oxygen atoms in total. The standard InChI is InChI=1S/C14H21N3O2/c1-11(17-6-4-16(10-18)5-7-17)8-12-2-3-14(19)13(15)9-12/h2-3,9-11,19H,4-8,15H2,1H3. The van der Waals surface area contributed by atoms with Crippen molar-refractivity contribution >= 4 is 12.1 Å². The van der Waals surface area contributed by atoms with Gasteiger partial charge < -0.3 is 15.7 Å². The number of nitrogens with zero attached hydrogens (tertiary/aromatic N) is 2. The molecule has 1 saturated heterocycles. The molecule has 1 amide bonds. The van der Waals surface area contributed by atoms with Crippen LogP contribution in [0.15, 0.2) is 18.2 Å². The number of aromatic hydroxyl groups is 1. The first kappa shape index (κ1) is 13.7. The summed E-state index contributed by atoms with van der Waals surface area (Å²) in [6.07, 6.45) is 1.81. The van der Waals surface area contributed by atoms with E-state index in [1.54, 1.807) is 6.07 Å². The summed E-state index contributed by atoms with van der Waals surface area (Å²) in [5, 5.41) is 9.41. The van der Waals surface area contributed by atoms with E-state index in [1.165, 1.54) is 0 Å². The van der Waals surface area contributed by atoms with Gasteiger partial charge in [-0.15, -0.1) is 0 Å². The number of hydrogen-bond donors (Lipinski definition) is 2. The average molecular weight is 263 g/mol. The Morgan fingerprint density at radius 2 is 2.05 bits per heavy atom. The van der Waals surface area contributed by atoms with Crippen molar-refractivity contribution in [3.05, 3.63) is 23.8 Å². The Kier molecular flexibility index (Phi) is 4.27. The Hall–Kier alpha value is -1.75. The Balaban J connectivity index is 1.92. The molecular weight excluding hydrogens is 242 g/mol. The molecule has 5 heteroatoms. The van der Waals surface area contributed by atoms with Crippen molar-refractivity contribution in [2.24, 2.45) is 0 Å². The van der Waals surface area contributed by atoms with Gasteiger partial charge in [0.2, 0.25) is 6.41 Å². The van der Waals surface area contributed by atoms with Crippen LogP contribution in [0, 0.1) is 0 Å². The second-order valence-corrected chi connectivity index (χ2v) is 5.12. The van der Waals surface area contributed by atoms with Gasteiger partial charge in [0.25, 0.3) is 0 Å². The monoisotopic (exact) mass is 263 g/mol. The lowest BCUT2D eigenvalue weighted by Crippen LogP contribution is -2.49. The third-order valence-corrected chi connectivity index (χ3v) is 3.74. The van der Waals surface area contributed by atoms with Gasteiger partial charge in [0.05, 0.1) is 5.69 Å². The van der Waals surface area contributed by atoms with Gasteiger partial charge in [-0.2, -0.15) is 0 Å². The van der Waals surface area contributed by atoms with Crippen LogP contribution in [0.25, 0.3) is 0 Å². The van der Waals surface area contributed by atoms with Gasteiger partial charge in [0.15, 0.2) is 0 Å². The number of amides is 1. The Morgan fingerprint density at radius 1 is 1.37 bits per heavy atom. The van der Waals surface area contributed by atoms with Crippen molar-refractivity contribution in [2.45, 2.75) is 19.4 Å². The third-order valence-electron chi connectivity index (χ3n) is 3.74. The smallest absolute Gasteiger partial charge is 0.209 e. The summed E-state index contributed by atoms with van der Waals surface area (Å²) in [4.78, 5) is 14.9. The molecule has 0 spiro atoms. The number of nitrogen functional groups attached to an aromatic ring is 1. The number of anilines is 1. The van der Waals surface area contributed by atoms with Crippen LogP contribution >= 0.6 is 0 Å². The third kappa shape index (κ3) is 3.38. The minimum Gasteiger partial charge on any atom is -0.506 e. The molecule has 1 aromatic rings. The average Bonchev–Trinajstić information content (AvgIpc) is 2.43. The molecular formula is C14H21N3O2. The highest BCUT2D eigenvalue weighted by Gasteiger charge is 2.20. The summed E-state index contributed by atoms with van der Waals surface area (Å²) in [5.74, 6) is 0.135. The summed E-state index contributed by atoms with van der Waals surface area (Å²) < 4.78 is 0. The highest BCUT2D eigenvalue weighted by molar-refractivity contribution is 5.53. The highest BCUT2D eigenvalue weighted by atomic mass is 16.3. The number of phenolic OH excluding ortho intramolecular Hbond substituents is 1. The first-order valence-corrected chi connectivity index (χ1v) is 6.61. The minimum atomic E-state index is 0.135. The van der Waals surface area contributed by atoms with E-state index in [-0.39, 0.29) is 5.75 Å². The summed E-state index contributed by atoms with van der Waals surface area (Å²) in [6, 6.07) is 5.77. The van der Waals surface area contributed by atoms with Crippen molar-refractivity contribution in [3.8, 4) is 5.75 Å². The van der Waals surface area contributed by atoms with Crippen molar-refractivity contribution in [3.63, 3.8) is 0 Å². The molecule has 3 N–H and O–H groups in total. The Bertz CT molecular complexity index is 442. The minimum absolute atomic E-state index is 0.135. The number of phenols is 1. The number of piperazine rings is 1. The quantitative estimate of drug-likeness (QED) is 0.476. The normalized spacial score (nSPS) is 18.3. The molecule has 0 radical (unpaired) electrons. The molecule has 2 rings (SSSR count). The van der Waals surface area contributed by atoms with Crippen molar-refractivity contribution in [1.82, 2.24) is 9.80 Å². The van der Waals surface area contributed by atoms with E-state index >= 15 is 0 Å². The van der Waals surface area contributed by atoms with E-state index < -0.39 is 0 Å². The maximum Gasteiger partial charge on any atom is 0.209 e. The van der Waals surface area contributed by atoms with Gasteiger partial charge in [-0.3, -0.25) is 9.69 Å². The summed E-state index contributed by atoms with van der Waals surface area (Å²) in [6.45, 7) is 5.59. The van der Waals surface area contributed by atoms with E-state index in [1.807, 2.05) is 17.0 Å². The molecule has 0 bridgehead atoms. The fourth-order valence-electron chi connectivity index (χ4n) is 2.48. The van der Waals surface area contributed by atoms with Crippen molar-refractivity contribution < 1.29 is 9.90 Å². The van der Waals surface area contributed by atoms with E-state index in [0.717, 1.165) is 44.6 Å². The van der Waals surface area contributed by atoms with Crippen LogP contribution in [-0.4, -0.2) is 53.5 Å². The molecule has 0 saturated carbocycles. The number of carbonyl (C=O) groups is 1. The topological polar surface area (TPSA) is 69.8 Å². The van der Waals surface area contributed by atoms with E-state index in [2.05, 4.69) is 11.8 Å². The number of benzene rings is 1. The maximum atomic E-state index is 10.7. The van der Waals surface area contributed by atoms with Gasteiger partial charge in [-0.05, 0) is 31.0 Å². The van der Waals surface area contributed by atoms with Crippen LogP contribution < -0.4 is 5.73 Å². The largest absolute Gasteiger partial charge is 0.506 e. The SMILES string of the molecule is CC(Cc1ccc(O)c(N)c1)N1CCN(C=O)CC1. The Morgan fingerprint density at radius 3 is 2.63 bits per heavy atom. The predicted molar refractivity (Wildman–Crippen MR) is 74.9 cm³/mol. The zero-order valence-corrected chi connectivity index (χ0v) is 11.2. The zero-order chi connectivity index (χ0) is 13.8. The van der Waals surface area contributed by atoms with Crippen LogP contribution in [0.3, 0.4) is 0 Å². The van der Waals surface area contributed by atoms with Crippen molar-refractivity contribution in [1.29, 1.82) is 0 Å². The van der Waals surface area contributed by atoms with Gasteiger partial charge in [0.1, 0.15) is 5.75 Å². The molecule has 1 unspecified atom stereocenters. The lowest BCUT2D eigenvalue weighted by molar-refractivity contribution is -0.120. The second kappa shape index (κ2) is 5.93. The van der Waals surface area contributed by atoms with Gasteiger partial charge >= 0.3 is 0 Å². The molecule has 104 valence electrons. The fourth-order valence-corrected chi connectivity index (χ4v) is 2.48. The highest BCUT2D eigenvalue weighted by Crippen LogP contribution is 2.22. The van der Waals surface area contributed by atoms with Gasteiger partial charge in [-0.1, -0.05) is 6.07 Å². The van der Waals surface area contributed by atoms with E-state index in [9.17, 15) is 9.90 Å². The molecule has 1 aromatic carbocycles. The Labute approximate surface area is 113 Å². The molecule has 1 aliphatic heterocycles. The number of carbonyl (C=O) groups excluding carboxylic acids is 1. The number of rotatable bonds is 4.